The van der Waals surface area contributed by atoms with Gasteiger partial charge in [0.25, 0.3) is 0 Å². The zero-order valence-corrected chi connectivity index (χ0v) is 20.9. The van der Waals surface area contributed by atoms with Crippen molar-refractivity contribution >= 4 is 41.0 Å². The molecule has 0 atom stereocenters. The molecule has 3 aromatic rings. The maximum atomic E-state index is 13.3. The van der Waals surface area contributed by atoms with Gasteiger partial charge in [-0.3, -0.25) is 4.79 Å². The van der Waals surface area contributed by atoms with Crippen LogP contribution in [0.4, 0.5) is 20.5 Å². The van der Waals surface area contributed by atoms with Gasteiger partial charge >= 0.3 is 0 Å². The van der Waals surface area contributed by atoms with Crippen LogP contribution in [-0.2, 0) is 11.2 Å². The Hall–Kier alpha value is -3.00. The number of hydrogen-bond acceptors (Lipinski definition) is 5. The monoisotopic (exact) mass is 503 g/mol. The molecule has 0 bridgehead atoms. The summed E-state index contributed by atoms with van der Waals surface area (Å²) in [6, 6.07) is 12.1. The third-order valence-electron chi connectivity index (χ3n) is 6.40. The van der Waals surface area contributed by atoms with E-state index in [0.717, 1.165) is 54.5 Å². The number of rotatable bonds is 8. The summed E-state index contributed by atoms with van der Waals surface area (Å²) >= 11 is 0. The SMILES string of the molecule is CN(C)c1nc(N[C@H]2CC[C@@H](CNC(=O)CCc3ccc(F)c(F)c3)CC2)nc2ccccc12.Cl. The molecule has 2 N–H and O–H groups in total. The molecule has 1 aromatic heterocycles. The number of para-hydroxylation sites is 1. The number of hydrogen-bond donors (Lipinski definition) is 2. The van der Waals surface area contributed by atoms with Crippen LogP contribution in [0, 0.1) is 17.6 Å². The minimum absolute atomic E-state index is 0. The molecule has 0 spiro atoms. The van der Waals surface area contributed by atoms with Crippen molar-refractivity contribution < 1.29 is 13.6 Å². The standard InChI is InChI=1S/C26H31F2N5O.ClH/c1-33(2)25-20-5-3-4-6-23(20)31-26(32-25)30-19-11-7-18(8-12-19)16-29-24(34)14-10-17-9-13-21(27)22(28)15-17;/h3-6,9,13,15,18-19H,7-8,10-12,14,16H2,1-2H3,(H,29,34)(H,30,31,32);1H/t18-,19+;. The van der Waals surface area contributed by atoms with Crippen LogP contribution < -0.4 is 15.5 Å². The second-order valence-electron chi connectivity index (χ2n) is 9.20. The van der Waals surface area contributed by atoms with Crippen LogP contribution in [0.15, 0.2) is 42.5 Å². The number of aryl methyl sites for hydroxylation is 1. The molecule has 9 heteroatoms. The summed E-state index contributed by atoms with van der Waals surface area (Å²) in [5.41, 5.74) is 1.54. The molecule has 1 aliphatic carbocycles. The maximum Gasteiger partial charge on any atom is 0.225 e. The van der Waals surface area contributed by atoms with Crippen LogP contribution >= 0.6 is 12.4 Å². The molecule has 188 valence electrons. The van der Waals surface area contributed by atoms with E-state index in [4.69, 9.17) is 9.97 Å². The predicted octanol–water partition coefficient (Wildman–Crippen LogP) is 5.12. The van der Waals surface area contributed by atoms with E-state index in [-0.39, 0.29) is 24.7 Å². The molecular formula is C26H32ClF2N5O. The van der Waals surface area contributed by atoms with Crippen LogP contribution in [0.25, 0.3) is 10.9 Å². The highest BCUT2D eigenvalue weighted by Gasteiger charge is 2.22. The number of halogens is 3. The lowest BCUT2D eigenvalue weighted by Gasteiger charge is -2.29. The Morgan fingerprint density at radius 2 is 1.77 bits per heavy atom. The molecule has 0 radical (unpaired) electrons. The maximum absolute atomic E-state index is 13.3. The summed E-state index contributed by atoms with van der Waals surface area (Å²) in [6.07, 6.45) is 4.64. The number of carbonyl (C=O) groups excluding carboxylic acids is 1. The van der Waals surface area contributed by atoms with E-state index in [1.54, 1.807) is 0 Å². The predicted molar refractivity (Wildman–Crippen MR) is 138 cm³/mol. The Kier molecular flexibility index (Phi) is 9.20. The average molecular weight is 504 g/mol. The molecule has 1 fully saturated rings. The van der Waals surface area contributed by atoms with Crippen LogP contribution in [-0.4, -0.2) is 42.6 Å². The molecular weight excluding hydrogens is 472 g/mol. The molecule has 4 rings (SSSR count). The van der Waals surface area contributed by atoms with Crippen molar-refractivity contribution in [1.82, 2.24) is 15.3 Å². The molecule has 2 aromatic carbocycles. The molecule has 1 amide bonds. The minimum atomic E-state index is -0.879. The van der Waals surface area contributed by atoms with Crippen molar-refractivity contribution in [3.63, 3.8) is 0 Å². The van der Waals surface area contributed by atoms with Crippen LogP contribution in [0.3, 0.4) is 0 Å². The van der Waals surface area contributed by atoms with Gasteiger partial charge in [-0.05, 0) is 67.9 Å². The lowest BCUT2D eigenvalue weighted by Crippen LogP contribution is -2.34. The highest BCUT2D eigenvalue weighted by Crippen LogP contribution is 2.28. The van der Waals surface area contributed by atoms with Gasteiger partial charge in [-0.1, -0.05) is 18.2 Å². The normalized spacial score (nSPS) is 17.5. The zero-order chi connectivity index (χ0) is 24.1. The van der Waals surface area contributed by atoms with Crippen molar-refractivity contribution in [2.24, 2.45) is 5.92 Å². The highest BCUT2D eigenvalue weighted by atomic mass is 35.5. The van der Waals surface area contributed by atoms with Crippen molar-refractivity contribution in [3.05, 3.63) is 59.7 Å². The number of benzene rings is 2. The topological polar surface area (TPSA) is 70.2 Å². The first-order chi connectivity index (χ1) is 16.4. The number of fused-ring (bicyclic) bond motifs is 1. The van der Waals surface area contributed by atoms with Gasteiger partial charge in [0, 0.05) is 38.5 Å². The lowest BCUT2D eigenvalue weighted by molar-refractivity contribution is -0.121. The minimum Gasteiger partial charge on any atom is -0.362 e. The van der Waals surface area contributed by atoms with Crippen molar-refractivity contribution in [3.8, 4) is 0 Å². The first-order valence-electron chi connectivity index (χ1n) is 11.8. The highest BCUT2D eigenvalue weighted by molar-refractivity contribution is 5.90. The number of nitrogens with zero attached hydrogens (tertiary/aromatic N) is 3. The van der Waals surface area contributed by atoms with Gasteiger partial charge in [-0.15, -0.1) is 12.4 Å². The smallest absolute Gasteiger partial charge is 0.225 e. The van der Waals surface area contributed by atoms with Crippen LogP contribution in [0.5, 0.6) is 0 Å². The Bertz CT molecular complexity index is 1150. The van der Waals surface area contributed by atoms with E-state index >= 15 is 0 Å². The summed E-state index contributed by atoms with van der Waals surface area (Å²) in [6.45, 7) is 0.639. The van der Waals surface area contributed by atoms with Gasteiger partial charge in [-0.25, -0.2) is 13.8 Å². The van der Waals surface area contributed by atoms with Crippen molar-refractivity contribution in [2.75, 3.05) is 30.9 Å². The van der Waals surface area contributed by atoms with Crippen molar-refractivity contribution in [1.29, 1.82) is 0 Å². The van der Waals surface area contributed by atoms with Crippen LogP contribution in [0.1, 0.15) is 37.7 Å². The zero-order valence-electron chi connectivity index (χ0n) is 20.1. The number of amides is 1. The van der Waals surface area contributed by atoms with Gasteiger partial charge in [-0.2, -0.15) is 4.98 Å². The number of anilines is 2. The third kappa shape index (κ3) is 7.01. The molecule has 1 aliphatic rings. The average Bonchev–Trinajstić information content (AvgIpc) is 2.83. The van der Waals surface area contributed by atoms with E-state index in [9.17, 15) is 13.6 Å². The second-order valence-corrected chi connectivity index (χ2v) is 9.20. The Morgan fingerprint density at radius 1 is 1.03 bits per heavy atom. The summed E-state index contributed by atoms with van der Waals surface area (Å²) in [4.78, 5) is 23.6. The molecule has 6 nitrogen and oxygen atoms in total. The molecule has 1 saturated carbocycles. The number of carbonyl (C=O) groups is 1. The molecule has 0 aliphatic heterocycles. The van der Waals surface area contributed by atoms with Gasteiger partial charge in [0.2, 0.25) is 11.9 Å². The third-order valence-corrected chi connectivity index (χ3v) is 6.40. The largest absolute Gasteiger partial charge is 0.362 e. The van der Waals surface area contributed by atoms with Crippen molar-refractivity contribution in [2.45, 2.75) is 44.6 Å². The number of aromatic nitrogens is 2. The second kappa shape index (κ2) is 12.1. The van der Waals surface area contributed by atoms with Crippen LogP contribution in [0.2, 0.25) is 0 Å². The Labute approximate surface area is 210 Å². The molecule has 35 heavy (non-hydrogen) atoms. The van der Waals surface area contributed by atoms with Gasteiger partial charge in [0.15, 0.2) is 11.6 Å². The fraction of sp³-hybridized carbons (Fsp3) is 0.423. The number of nitrogens with one attached hydrogen (secondary N) is 2. The summed E-state index contributed by atoms with van der Waals surface area (Å²) in [7, 11) is 3.96. The Morgan fingerprint density at radius 3 is 2.49 bits per heavy atom. The van der Waals surface area contributed by atoms with E-state index in [0.29, 0.717) is 36.4 Å². The summed E-state index contributed by atoms with van der Waals surface area (Å²) in [5, 5.41) is 7.53. The quantitative estimate of drug-likeness (QED) is 0.446. The van der Waals surface area contributed by atoms with E-state index in [1.165, 1.54) is 6.07 Å². The summed E-state index contributed by atoms with van der Waals surface area (Å²) < 4.78 is 26.3. The van der Waals surface area contributed by atoms with E-state index in [1.807, 2.05) is 43.3 Å². The first kappa shape index (κ1) is 26.6. The fourth-order valence-corrected chi connectivity index (χ4v) is 4.46. The molecule has 0 saturated heterocycles. The first-order valence-corrected chi connectivity index (χ1v) is 11.8. The summed E-state index contributed by atoms with van der Waals surface area (Å²) in [5.74, 6) is 0.161. The Balaban J connectivity index is 0.00000342. The van der Waals surface area contributed by atoms with E-state index in [2.05, 4.69) is 10.6 Å². The molecule has 0 unspecified atom stereocenters. The van der Waals surface area contributed by atoms with Gasteiger partial charge in [0.1, 0.15) is 5.82 Å². The van der Waals surface area contributed by atoms with Gasteiger partial charge < -0.3 is 15.5 Å². The molecule has 1 heterocycles. The lowest BCUT2D eigenvalue weighted by atomic mass is 9.86. The fourth-order valence-electron chi connectivity index (χ4n) is 4.46. The van der Waals surface area contributed by atoms with E-state index < -0.39 is 11.6 Å². The van der Waals surface area contributed by atoms with Gasteiger partial charge in [0.05, 0.1) is 5.52 Å².